The first-order valence-electron chi connectivity index (χ1n) is 4.52. The summed E-state index contributed by atoms with van der Waals surface area (Å²) in [6.07, 6.45) is 8.20. The number of carbonyl (C=O) groups is 1. The van der Waals surface area contributed by atoms with Gasteiger partial charge in [0.25, 0.3) is 0 Å². The lowest BCUT2D eigenvalue weighted by molar-refractivity contribution is -0.140. The smallest absolute Gasteiger partial charge is 0.305 e. The van der Waals surface area contributed by atoms with E-state index in [4.69, 9.17) is 6.42 Å². The monoisotopic (exact) mass is 183 g/mol. The van der Waals surface area contributed by atoms with Crippen LogP contribution >= 0.6 is 0 Å². The molecule has 0 fully saturated rings. The number of hydrogen-bond donors (Lipinski definition) is 1. The summed E-state index contributed by atoms with van der Waals surface area (Å²) in [5.74, 6) is 2.42. The summed E-state index contributed by atoms with van der Waals surface area (Å²) in [7, 11) is 1.41. The van der Waals surface area contributed by atoms with Gasteiger partial charge < -0.3 is 10.1 Å². The van der Waals surface area contributed by atoms with Crippen molar-refractivity contribution < 1.29 is 9.53 Å². The number of carbonyl (C=O) groups excluding carboxylic acids is 1. The highest BCUT2D eigenvalue weighted by Crippen LogP contribution is 1.90. The molecular formula is C10H17NO2. The Morgan fingerprint density at radius 2 is 2.15 bits per heavy atom. The van der Waals surface area contributed by atoms with Gasteiger partial charge in [0.15, 0.2) is 0 Å². The van der Waals surface area contributed by atoms with Crippen LogP contribution in [0.25, 0.3) is 0 Å². The predicted octanol–water partition coefficient (Wildman–Crippen LogP) is 0.943. The maximum atomic E-state index is 10.7. The molecule has 0 aliphatic rings. The van der Waals surface area contributed by atoms with Crippen molar-refractivity contribution >= 4 is 5.97 Å². The van der Waals surface area contributed by atoms with E-state index in [0.29, 0.717) is 6.42 Å². The van der Waals surface area contributed by atoms with Gasteiger partial charge in [0.2, 0.25) is 0 Å². The summed E-state index contributed by atoms with van der Waals surface area (Å²) in [6, 6.07) is 0. The van der Waals surface area contributed by atoms with Gasteiger partial charge in [-0.05, 0) is 25.9 Å². The van der Waals surface area contributed by atoms with Crippen LogP contribution in [0.2, 0.25) is 0 Å². The van der Waals surface area contributed by atoms with Crippen LogP contribution in [0.15, 0.2) is 0 Å². The second-order valence-electron chi connectivity index (χ2n) is 2.74. The van der Waals surface area contributed by atoms with Crippen molar-refractivity contribution in [2.75, 3.05) is 20.2 Å². The fraction of sp³-hybridized carbons (Fsp3) is 0.700. The van der Waals surface area contributed by atoms with Gasteiger partial charge in [-0.15, -0.1) is 12.3 Å². The topological polar surface area (TPSA) is 38.3 Å². The highest BCUT2D eigenvalue weighted by Gasteiger charge is 1.97. The summed E-state index contributed by atoms with van der Waals surface area (Å²) in [5.41, 5.74) is 0. The van der Waals surface area contributed by atoms with E-state index in [-0.39, 0.29) is 5.97 Å². The van der Waals surface area contributed by atoms with Crippen LogP contribution in [0.4, 0.5) is 0 Å². The number of terminal acetylenes is 1. The number of ether oxygens (including phenoxy) is 1. The second kappa shape index (κ2) is 9.08. The molecule has 3 heteroatoms. The number of esters is 1. The highest BCUT2D eigenvalue weighted by molar-refractivity contribution is 5.68. The first-order chi connectivity index (χ1) is 6.31. The number of hydrogen-bond acceptors (Lipinski definition) is 3. The standard InChI is InChI=1S/C10H17NO2/c1-3-4-5-8-11-9-6-7-10(12)13-2/h1,11H,4-9H2,2H3. The minimum absolute atomic E-state index is 0.148. The first-order valence-corrected chi connectivity index (χ1v) is 4.52. The second-order valence-corrected chi connectivity index (χ2v) is 2.74. The van der Waals surface area contributed by atoms with Crippen LogP contribution in [0, 0.1) is 12.3 Å². The molecule has 0 aliphatic heterocycles. The van der Waals surface area contributed by atoms with Crippen molar-refractivity contribution in [1.82, 2.24) is 5.32 Å². The van der Waals surface area contributed by atoms with Crippen molar-refractivity contribution in [2.45, 2.75) is 25.7 Å². The Labute approximate surface area is 79.8 Å². The van der Waals surface area contributed by atoms with Gasteiger partial charge in [0.05, 0.1) is 7.11 Å². The van der Waals surface area contributed by atoms with Crippen LogP contribution in [0.3, 0.4) is 0 Å². The average molecular weight is 183 g/mol. The Morgan fingerprint density at radius 1 is 1.46 bits per heavy atom. The van der Waals surface area contributed by atoms with Gasteiger partial charge in [-0.1, -0.05) is 0 Å². The van der Waals surface area contributed by atoms with Crippen LogP contribution in [0.1, 0.15) is 25.7 Å². The zero-order valence-electron chi connectivity index (χ0n) is 8.14. The molecule has 13 heavy (non-hydrogen) atoms. The average Bonchev–Trinajstić information content (AvgIpc) is 2.16. The minimum Gasteiger partial charge on any atom is -0.469 e. The van der Waals surface area contributed by atoms with E-state index in [0.717, 1.165) is 32.4 Å². The molecule has 0 heterocycles. The van der Waals surface area contributed by atoms with Crippen LogP contribution in [-0.4, -0.2) is 26.2 Å². The van der Waals surface area contributed by atoms with Crippen molar-refractivity contribution in [3.63, 3.8) is 0 Å². The van der Waals surface area contributed by atoms with Gasteiger partial charge in [0.1, 0.15) is 0 Å². The molecule has 0 saturated carbocycles. The van der Waals surface area contributed by atoms with Crippen LogP contribution in [0.5, 0.6) is 0 Å². The van der Waals surface area contributed by atoms with Gasteiger partial charge >= 0.3 is 5.97 Å². The molecule has 0 aromatic heterocycles. The summed E-state index contributed by atoms with van der Waals surface area (Å²) >= 11 is 0. The Morgan fingerprint density at radius 3 is 2.77 bits per heavy atom. The molecule has 0 spiro atoms. The molecule has 3 nitrogen and oxygen atoms in total. The van der Waals surface area contributed by atoms with Crippen molar-refractivity contribution in [3.8, 4) is 12.3 Å². The van der Waals surface area contributed by atoms with E-state index in [9.17, 15) is 4.79 Å². The normalized spacial score (nSPS) is 9.23. The Kier molecular flexibility index (Phi) is 8.38. The molecular weight excluding hydrogens is 166 g/mol. The van der Waals surface area contributed by atoms with Crippen molar-refractivity contribution in [2.24, 2.45) is 0 Å². The van der Waals surface area contributed by atoms with E-state index in [1.165, 1.54) is 7.11 Å². The van der Waals surface area contributed by atoms with Gasteiger partial charge in [-0.3, -0.25) is 4.79 Å². The number of rotatable bonds is 7. The van der Waals surface area contributed by atoms with E-state index in [2.05, 4.69) is 16.0 Å². The fourth-order valence-electron chi connectivity index (χ4n) is 0.900. The summed E-state index contributed by atoms with van der Waals surface area (Å²) in [5, 5.41) is 3.20. The Bertz CT molecular complexity index is 172. The maximum Gasteiger partial charge on any atom is 0.305 e. The third-order valence-electron chi connectivity index (χ3n) is 1.64. The molecule has 0 atom stereocenters. The minimum atomic E-state index is -0.148. The summed E-state index contributed by atoms with van der Waals surface area (Å²) in [4.78, 5) is 10.7. The van der Waals surface area contributed by atoms with E-state index in [1.54, 1.807) is 0 Å². The predicted molar refractivity (Wildman–Crippen MR) is 52.2 cm³/mol. The SMILES string of the molecule is C#CCCCNCCCC(=O)OC. The molecule has 0 aromatic carbocycles. The molecule has 1 N–H and O–H groups in total. The molecule has 0 radical (unpaired) electrons. The lowest BCUT2D eigenvalue weighted by Gasteiger charge is -2.02. The van der Waals surface area contributed by atoms with Gasteiger partial charge in [-0.25, -0.2) is 0 Å². The third kappa shape index (κ3) is 8.90. The molecule has 0 bridgehead atoms. The van der Waals surface area contributed by atoms with Gasteiger partial charge in [-0.2, -0.15) is 0 Å². The van der Waals surface area contributed by atoms with Crippen molar-refractivity contribution in [3.05, 3.63) is 0 Å². The lowest BCUT2D eigenvalue weighted by atomic mass is 10.3. The van der Waals surface area contributed by atoms with E-state index in [1.807, 2.05) is 0 Å². The number of unbranched alkanes of at least 4 members (excludes halogenated alkanes) is 1. The lowest BCUT2D eigenvalue weighted by Crippen LogP contribution is -2.17. The van der Waals surface area contributed by atoms with Gasteiger partial charge in [0, 0.05) is 12.8 Å². The largest absolute Gasteiger partial charge is 0.469 e. The molecule has 0 saturated heterocycles. The first kappa shape index (κ1) is 12.0. The summed E-state index contributed by atoms with van der Waals surface area (Å²) < 4.78 is 4.50. The molecule has 0 aliphatic carbocycles. The highest BCUT2D eigenvalue weighted by atomic mass is 16.5. The fourth-order valence-corrected chi connectivity index (χ4v) is 0.900. The molecule has 74 valence electrons. The molecule has 0 unspecified atom stereocenters. The Hall–Kier alpha value is -1.01. The van der Waals surface area contributed by atoms with E-state index < -0.39 is 0 Å². The third-order valence-corrected chi connectivity index (χ3v) is 1.64. The number of nitrogens with one attached hydrogen (secondary N) is 1. The Balaban J connectivity index is 3.00. The molecule has 0 amide bonds. The van der Waals surface area contributed by atoms with E-state index >= 15 is 0 Å². The molecule has 0 rings (SSSR count). The zero-order valence-corrected chi connectivity index (χ0v) is 8.14. The zero-order chi connectivity index (χ0) is 9.94. The van der Waals surface area contributed by atoms with Crippen molar-refractivity contribution in [1.29, 1.82) is 0 Å². The maximum absolute atomic E-state index is 10.7. The quantitative estimate of drug-likeness (QED) is 0.363. The van der Waals surface area contributed by atoms with Crippen LogP contribution in [-0.2, 0) is 9.53 Å². The molecule has 0 aromatic rings. The number of methoxy groups -OCH3 is 1. The summed E-state index contributed by atoms with van der Waals surface area (Å²) in [6.45, 7) is 1.77. The van der Waals surface area contributed by atoms with Crippen LogP contribution < -0.4 is 5.32 Å².